The predicted molar refractivity (Wildman–Crippen MR) is 81.3 cm³/mol. The number of allylic oxidation sites excluding steroid dienone is 1. The molecule has 0 radical (unpaired) electrons. The van der Waals surface area contributed by atoms with Crippen molar-refractivity contribution in [2.45, 2.75) is 6.42 Å². The topological polar surface area (TPSA) is 49.3 Å². The number of anilines is 1. The van der Waals surface area contributed by atoms with Crippen LogP contribution in [0.15, 0.2) is 60.8 Å². The fourth-order valence-corrected chi connectivity index (χ4v) is 1.87. The van der Waals surface area contributed by atoms with E-state index in [1.54, 1.807) is 48.5 Å². The summed E-state index contributed by atoms with van der Waals surface area (Å²) < 4.78 is 0. The lowest BCUT2D eigenvalue weighted by molar-refractivity contribution is 0.0993. The molecule has 0 aliphatic heterocycles. The van der Waals surface area contributed by atoms with Crippen LogP contribution in [-0.4, -0.2) is 10.9 Å². The second kappa shape index (κ2) is 6.26. The zero-order valence-corrected chi connectivity index (χ0v) is 11.5. The molecule has 2 aromatic rings. The minimum absolute atomic E-state index is 0.0606. The van der Waals surface area contributed by atoms with Crippen molar-refractivity contribution in [2.75, 3.05) is 5.32 Å². The van der Waals surface area contributed by atoms with Crippen molar-refractivity contribution in [3.05, 3.63) is 71.4 Å². The van der Waals surface area contributed by atoms with E-state index in [2.05, 4.69) is 11.9 Å². The number of Topliss-reactive ketones (excluding diaryl/α,β-unsaturated/α-hetero) is 1. The van der Waals surface area contributed by atoms with Crippen LogP contribution in [0.1, 0.15) is 16.8 Å². The number of hydrogen-bond donors (Lipinski definition) is 2. The highest BCUT2D eigenvalue weighted by Gasteiger charge is 2.09. The van der Waals surface area contributed by atoms with Gasteiger partial charge >= 0.3 is 0 Å². The minimum Gasteiger partial charge on any atom is -0.506 e. The first-order valence-electron chi connectivity index (χ1n) is 6.08. The summed E-state index contributed by atoms with van der Waals surface area (Å²) in [6, 6.07) is 13.5. The molecule has 0 aliphatic rings. The van der Waals surface area contributed by atoms with Gasteiger partial charge in [-0.25, -0.2) is 0 Å². The summed E-state index contributed by atoms with van der Waals surface area (Å²) >= 11 is 5.78. The number of halogens is 1. The van der Waals surface area contributed by atoms with Gasteiger partial charge in [-0.2, -0.15) is 0 Å². The fraction of sp³-hybridized carbons (Fsp3) is 0.0625. The Kier molecular flexibility index (Phi) is 4.43. The van der Waals surface area contributed by atoms with Gasteiger partial charge in [-0.05, 0) is 36.4 Å². The van der Waals surface area contributed by atoms with Crippen LogP contribution in [0.4, 0.5) is 5.69 Å². The Morgan fingerprint density at radius 2 is 1.80 bits per heavy atom. The van der Waals surface area contributed by atoms with Crippen LogP contribution < -0.4 is 5.32 Å². The zero-order valence-electron chi connectivity index (χ0n) is 10.8. The van der Waals surface area contributed by atoms with Crippen molar-refractivity contribution >= 4 is 23.1 Å². The highest BCUT2D eigenvalue weighted by molar-refractivity contribution is 6.30. The Morgan fingerprint density at radius 3 is 2.45 bits per heavy atom. The van der Waals surface area contributed by atoms with Gasteiger partial charge in [0.15, 0.2) is 5.78 Å². The summed E-state index contributed by atoms with van der Waals surface area (Å²) in [6.07, 6.45) is 0.149. The lowest BCUT2D eigenvalue weighted by Crippen LogP contribution is -2.06. The van der Waals surface area contributed by atoms with Crippen LogP contribution in [0, 0.1) is 0 Å². The number of ketones is 1. The van der Waals surface area contributed by atoms with E-state index in [1.807, 2.05) is 0 Å². The molecule has 0 fully saturated rings. The average molecular weight is 288 g/mol. The molecule has 0 bridgehead atoms. The molecule has 20 heavy (non-hydrogen) atoms. The van der Waals surface area contributed by atoms with Crippen LogP contribution in [0.2, 0.25) is 5.02 Å². The zero-order chi connectivity index (χ0) is 14.5. The van der Waals surface area contributed by atoms with Gasteiger partial charge in [0, 0.05) is 16.3 Å². The quantitative estimate of drug-likeness (QED) is 0.638. The van der Waals surface area contributed by atoms with E-state index >= 15 is 0 Å². The molecule has 4 heteroatoms. The largest absolute Gasteiger partial charge is 0.506 e. The van der Waals surface area contributed by atoms with Crippen molar-refractivity contribution in [1.82, 2.24) is 0 Å². The van der Waals surface area contributed by atoms with E-state index in [9.17, 15) is 9.90 Å². The van der Waals surface area contributed by atoms with Gasteiger partial charge in [-0.1, -0.05) is 30.3 Å². The number of phenolic OH excluding ortho intramolecular Hbond substituents is 1. The molecule has 102 valence electrons. The number of benzene rings is 2. The molecular formula is C16H14ClNO2. The molecule has 0 amide bonds. The molecule has 2 N–H and O–H groups in total. The first-order valence-corrected chi connectivity index (χ1v) is 6.45. The highest BCUT2D eigenvalue weighted by atomic mass is 35.5. The van der Waals surface area contributed by atoms with Crippen molar-refractivity contribution in [3.8, 4) is 5.75 Å². The molecule has 0 spiro atoms. The van der Waals surface area contributed by atoms with Crippen LogP contribution in [0.25, 0.3) is 0 Å². The molecule has 0 saturated carbocycles. The van der Waals surface area contributed by atoms with E-state index < -0.39 is 0 Å². The van der Waals surface area contributed by atoms with E-state index in [-0.39, 0.29) is 18.0 Å². The van der Waals surface area contributed by atoms with Gasteiger partial charge < -0.3 is 10.4 Å². The summed E-state index contributed by atoms with van der Waals surface area (Å²) in [5.41, 5.74) is 1.63. The van der Waals surface area contributed by atoms with Crippen LogP contribution in [0.5, 0.6) is 5.75 Å². The maximum Gasteiger partial charge on any atom is 0.168 e. The van der Waals surface area contributed by atoms with Gasteiger partial charge in [-0.15, -0.1) is 0 Å². The molecule has 0 aliphatic carbocycles. The second-order valence-corrected chi connectivity index (χ2v) is 4.79. The molecular weight excluding hydrogens is 274 g/mol. The average Bonchev–Trinajstić information content (AvgIpc) is 2.42. The van der Waals surface area contributed by atoms with E-state index in [4.69, 9.17) is 11.6 Å². The number of carbonyl (C=O) groups excluding carboxylic acids is 1. The van der Waals surface area contributed by atoms with E-state index in [1.165, 1.54) is 0 Å². The maximum absolute atomic E-state index is 12.0. The molecule has 0 heterocycles. The maximum atomic E-state index is 12.0. The minimum atomic E-state index is -0.0606. The number of aromatic hydroxyl groups is 1. The summed E-state index contributed by atoms with van der Waals surface area (Å²) in [4.78, 5) is 12.0. The summed E-state index contributed by atoms with van der Waals surface area (Å²) in [6.45, 7) is 3.81. The Labute approximate surface area is 122 Å². The third kappa shape index (κ3) is 3.62. The molecule has 2 aromatic carbocycles. The molecule has 0 atom stereocenters. The Bertz CT molecular complexity index is 635. The number of hydrogen-bond acceptors (Lipinski definition) is 3. The van der Waals surface area contributed by atoms with Crippen molar-refractivity contribution < 1.29 is 9.90 Å². The highest BCUT2D eigenvalue weighted by Crippen LogP contribution is 2.24. The number of nitrogens with one attached hydrogen (secondary N) is 1. The summed E-state index contributed by atoms with van der Waals surface area (Å²) in [7, 11) is 0. The monoisotopic (exact) mass is 287 g/mol. The van der Waals surface area contributed by atoms with Gasteiger partial charge in [-0.3, -0.25) is 4.79 Å². The number of phenols is 1. The molecule has 0 unspecified atom stereocenters. The standard InChI is InChI=1S/C16H14ClNO2/c1-11(18-14-4-2-3-5-15(14)19)10-16(20)12-6-8-13(17)9-7-12/h2-9,18-19H,1,10H2. The lowest BCUT2D eigenvalue weighted by atomic mass is 10.1. The number of carbonyl (C=O) groups is 1. The Morgan fingerprint density at radius 1 is 1.15 bits per heavy atom. The molecule has 3 nitrogen and oxygen atoms in total. The SMILES string of the molecule is C=C(CC(=O)c1ccc(Cl)cc1)Nc1ccccc1O. The lowest BCUT2D eigenvalue weighted by Gasteiger charge is -2.10. The Balaban J connectivity index is 2.00. The van der Waals surface area contributed by atoms with Gasteiger partial charge in [0.1, 0.15) is 5.75 Å². The van der Waals surface area contributed by atoms with Gasteiger partial charge in [0.05, 0.1) is 12.1 Å². The third-order valence-electron chi connectivity index (χ3n) is 2.76. The van der Waals surface area contributed by atoms with Crippen molar-refractivity contribution in [2.24, 2.45) is 0 Å². The summed E-state index contributed by atoms with van der Waals surface area (Å²) in [5, 5.41) is 13.2. The molecule has 0 aromatic heterocycles. The van der Waals surface area contributed by atoms with Gasteiger partial charge in [0.2, 0.25) is 0 Å². The van der Waals surface area contributed by atoms with E-state index in [0.29, 0.717) is 22.0 Å². The fourth-order valence-electron chi connectivity index (χ4n) is 1.75. The normalized spacial score (nSPS) is 10.1. The van der Waals surface area contributed by atoms with E-state index in [0.717, 1.165) is 0 Å². The first kappa shape index (κ1) is 14.2. The van der Waals surface area contributed by atoms with Crippen LogP contribution in [-0.2, 0) is 0 Å². The van der Waals surface area contributed by atoms with Crippen molar-refractivity contribution in [1.29, 1.82) is 0 Å². The number of rotatable bonds is 5. The van der Waals surface area contributed by atoms with Crippen LogP contribution >= 0.6 is 11.6 Å². The number of para-hydroxylation sites is 2. The summed E-state index contributed by atoms with van der Waals surface area (Å²) in [5.74, 6) is 0.0576. The van der Waals surface area contributed by atoms with Crippen LogP contribution in [0.3, 0.4) is 0 Å². The van der Waals surface area contributed by atoms with Crippen molar-refractivity contribution in [3.63, 3.8) is 0 Å². The second-order valence-electron chi connectivity index (χ2n) is 4.35. The molecule has 2 rings (SSSR count). The predicted octanol–water partition coefficient (Wildman–Crippen LogP) is 4.24. The van der Waals surface area contributed by atoms with Gasteiger partial charge in [0.25, 0.3) is 0 Å². The first-order chi connectivity index (χ1) is 9.56. The smallest absolute Gasteiger partial charge is 0.168 e. The third-order valence-corrected chi connectivity index (χ3v) is 3.01. The Hall–Kier alpha value is -2.26. The molecule has 0 saturated heterocycles.